The Morgan fingerprint density at radius 3 is 2.33 bits per heavy atom. The van der Waals surface area contributed by atoms with Crippen molar-refractivity contribution in [2.75, 3.05) is 11.6 Å². The number of carbonyl (C=O) groups is 1. The molecule has 3 rings (SSSR count). The third-order valence-corrected chi connectivity index (χ3v) is 5.29. The van der Waals surface area contributed by atoms with Crippen molar-refractivity contribution in [2.45, 2.75) is 18.1 Å². The zero-order valence-corrected chi connectivity index (χ0v) is 16.7. The number of hydrogen-bond acceptors (Lipinski definition) is 5. The molecule has 1 aromatic heterocycles. The van der Waals surface area contributed by atoms with Gasteiger partial charge in [-0.25, -0.2) is 4.68 Å². The number of aromatic nitrogens is 3. The number of nitrogens with two attached hydrogens (primary N) is 1. The zero-order valence-electron chi connectivity index (χ0n) is 14.4. The van der Waals surface area contributed by atoms with E-state index in [1.807, 2.05) is 31.2 Å². The second-order valence-corrected chi connectivity index (χ2v) is 7.63. The molecule has 2 aromatic carbocycles. The third-order valence-electron chi connectivity index (χ3n) is 3.85. The normalized spacial score (nSPS) is 12.0. The van der Waals surface area contributed by atoms with Crippen molar-refractivity contribution in [3.8, 4) is 11.4 Å². The number of thioether (sulfide) groups is 1. The molecule has 1 amide bonds. The largest absolute Gasteiger partial charge is 0.349 e. The fourth-order valence-electron chi connectivity index (χ4n) is 2.42. The van der Waals surface area contributed by atoms with E-state index in [4.69, 9.17) is 29.0 Å². The van der Waals surface area contributed by atoms with Gasteiger partial charge in [0.15, 0.2) is 5.82 Å². The van der Waals surface area contributed by atoms with Crippen molar-refractivity contribution in [3.63, 3.8) is 0 Å². The van der Waals surface area contributed by atoms with Gasteiger partial charge < -0.3 is 11.2 Å². The molecular weight excluding hydrogens is 405 g/mol. The summed E-state index contributed by atoms with van der Waals surface area (Å²) in [6, 6.07) is 14.4. The summed E-state index contributed by atoms with van der Waals surface area (Å²) >= 11 is 13.0. The molecule has 140 valence electrons. The van der Waals surface area contributed by atoms with Crippen LogP contribution < -0.4 is 11.2 Å². The van der Waals surface area contributed by atoms with Gasteiger partial charge in [0.25, 0.3) is 0 Å². The number of rotatable bonds is 6. The summed E-state index contributed by atoms with van der Waals surface area (Å²) in [4.78, 5) is 12.2. The van der Waals surface area contributed by atoms with Crippen LogP contribution in [0.2, 0.25) is 10.0 Å². The van der Waals surface area contributed by atoms with E-state index >= 15 is 0 Å². The molecule has 1 heterocycles. The first kappa shape index (κ1) is 19.5. The Labute approximate surface area is 171 Å². The molecule has 1 atom stereocenters. The lowest BCUT2D eigenvalue weighted by Gasteiger charge is -2.14. The maximum absolute atomic E-state index is 12.2. The summed E-state index contributed by atoms with van der Waals surface area (Å²) < 4.78 is 1.36. The molecule has 3 aromatic rings. The highest BCUT2D eigenvalue weighted by Gasteiger charge is 2.15. The zero-order chi connectivity index (χ0) is 19.4. The highest BCUT2D eigenvalue weighted by atomic mass is 35.5. The lowest BCUT2D eigenvalue weighted by molar-refractivity contribution is -0.119. The second kappa shape index (κ2) is 8.65. The minimum Gasteiger partial charge on any atom is -0.349 e. The molecule has 0 aliphatic carbocycles. The predicted octanol–water partition coefficient (Wildman–Crippen LogP) is 3.94. The summed E-state index contributed by atoms with van der Waals surface area (Å²) in [6.07, 6.45) is 0. The molecule has 0 aliphatic heterocycles. The highest BCUT2D eigenvalue weighted by Crippen LogP contribution is 2.23. The van der Waals surface area contributed by atoms with Crippen LogP contribution in [0.15, 0.2) is 53.7 Å². The minimum atomic E-state index is -0.129. The first-order valence-corrected chi connectivity index (χ1v) is 9.82. The SMILES string of the molecule is C[C@H](NC(=O)CSc1nnc(-c2ccc(Cl)cc2)n1N)c1ccc(Cl)cc1. The van der Waals surface area contributed by atoms with E-state index in [9.17, 15) is 4.79 Å². The smallest absolute Gasteiger partial charge is 0.230 e. The minimum absolute atomic E-state index is 0.126. The Bertz CT molecular complexity index is 928. The molecule has 0 unspecified atom stereocenters. The van der Waals surface area contributed by atoms with E-state index in [1.54, 1.807) is 24.3 Å². The van der Waals surface area contributed by atoms with Gasteiger partial charge in [-0.15, -0.1) is 10.2 Å². The fourth-order valence-corrected chi connectivity index (χ4v) is 3.34. The molecule has 0 radical (unpaired) electrons. The summed E-state index contributed by atoms with van der Waals surface area (Å²) in [6.45, 7) is 1.91. The molecule has 0 aliphatic rings. The molecule has 27 heavy (non-hydrogen) atoms. The maximum atomic E-state index is 12.2. The molecule has 9 heteroatoms. The van der Waals surface area contributed by atoms with E-state index in [0.717, 1.165) is 11.1 Å². The van der Waals surface area contributed by atoms with Crippen LogP contribution in [-0.2, 0) is 4.79 Å². The van der Waals surface area contributed by atoms with Gasteiger partial charge in [-0.2, -0.15) is 0 Å². The van der Waals surface area contributed by atoms with Crippen molar-refractivity contribution in [3.05, 3.63) is 64.1 Å². The first-order valence-electron chi connectivity index (χ1n) is 8.08. The number of amides is 1. The molecule has 0 fully saturated rings. The number of hydrogen-bond donors (Lipinski definition) is 2. The average molecular weight is 422 g/mol. The Morgan fingerprint density at radius 1 is 1.11 bits per heavy atom. The van der Waals surface area contributed by atoms with Gasteiger partial charge in [-0.3, -0.25) is 4.79 Å². The lowest BCUT2D eigenvalue weighted by Crippen LogP contribution is -2.28. The molecule has 0 saturated carbocycles. The first-order chi connectivity index (χ1) is 12.9. The van der Waals surface area contributed by atoms with E-state index in [1.165, 1.54) is 16.4 Å². The van der Waals surface area contributed by atoms with Crippen LogP contribution in [0.3, 0.4) is 0 Å². The van der Waals surface area contributed by atoms with Crippen molar-refractivity contribution < 1.29 is 4.79 Å². The summed E-state index contributed by atoms with van der Waals surface area (Å²) in [5.41, 5.74) is 1.77. The molecule has 3 N–H and O–H groups in total. The molecule has 0 saturated heterocycles. The lowest BCUT2D eigenvalue weighted by atomic mass is 10.1. The monoisotopic (exact) mass is 421 g/mol. The number of nitrogens with zero attached hydrogens (tertiary/aromatic N) is 3. The van der Waals surface area contributed by atoms with Crippen molar-refractivity contribution in [2.24, 2.45) is 0 Å². The molecule has 0 spiro atoms. The third kappa shape index (κ3) is 4.94. The van der Waals surface area contributed by atoms with Gasteiger partial charge in [0.2, 0.25) is 11.1 Å². The van der Waals surface area contributed by atoms with Crippen LogP contribution in [0.1, 0.15) is 18.5 Å². The van der Waals surface area contributed by atoms with Crippen LogP contribution in [0.4, 0.5) is 0 Å². The number of carbonyl (C=O) groups excluding carboxylic acids is 1. The van der Waals surface area contributed by atoms with Crippen LogP contribution in [0.25, 0.3) is 11.4 Å². The Morgan fingerprint density at radius 2 is 1.70 bits per heavy atom. The van der Waals surface area contributed by atoms with Gasteiger partial charge in [0.1, 0.15) is 0 Å². The highest BCUT2D eigenvalue weighted by molar-refractivity contribution is 7.99. The standard InChI is InChI=1S/C18H17Cl2N5OS/c1-11(12-2-6-14(19)7-3-12)22-16(26)10-27-18-24-23-17(25(18)21)13-4-8-15(20)9-5-13/h2-9,11H,10,21H2,1H3,(H,22,26)/t11-/m0/s1. The van der Waals surface area contributed by atoms with Gasteiger partial charge in [-0.1, -0.05) is 47.1 Å². The summed E-state index contributed by atoms with van der Waals surface area (Å²) in [5.74, 6) is 6.61. The van der Waals surface area contributed by atoms with Gasteiger partial charge in [0.05, 0.1) is 11.8 Å². The van der Waals surface area contributed by atoms with Crippen LogP contribution >= 0.6 is 35.0 Å². The topological polar surface area (TPSA) is 85.8 Å². The quantitative estimate of drug-likeness (QED) is 0.464. The number of nitrogens with one attached hydrogen (secondary N) is 1. The van der Waals surface area contributed by atoms with Crippen molar-refractivity contribution in [1.29, 1.82) is 0 Å². The predicted molar refractivity (Wildman–Crippen MR) is 109 cm³/mol. The Balaban J connectivity index is 1.59. The van der Waals surface area contributed by atoms with E-state index in [-0.39, 0.29) is 17.7 Å². The van der Waals surface area contributed by atoms with Gasteiger partial charge in [0, 0.05) is 15.6 Å². The fraction of sp³-hybridized carbons (Fsp3) is 0.167. The van der Waals surface area contributed by atoms with Gasteiger partial charge >= 0.3 is 0 Å². The average Bonchev–Trinajstić information content (AvgIpc) is 3.02. The maximum Gasteiger partial charge on any atom is 0.230 e. The Kier molecular flexibility index (Phi) is 6.26. The molecular formula is C18H17Cl2N5OS. The number of nitrogen functional groups attached to an aromatic ring is 1. The van der Waals surface area contributed by atoms with Crippen LogP contribution in [0, 0.1) is 0 Å². The molecule has 0 bridgehead atoms. The Hall–Kier alpha value is -2.22. The van der Waals surface area contributed by atoms with E-state index in [0.29, 0.717) is 21.0 Å². The van der Waals surface area contributed by atoms with E-state index in [2.05, 4.69) is 15.5 Å². The van der Waals surface area contributed by atoms with Gasteiger partial charge in [-0.05, 0) is 48.9 Å². The second-order valence-electron chi connectivity index (χ2n) is 5.81. The summed E-state index contributed by atoms with van der Waals surface area (Å²) in [5, 5.41) is 12.8. The van der Waals surface area contributed by atoms with E-state index < -0.39 is 0 Å². The number of benzene rings is 2. The van der Waals surface area contributed by atoms with Crippen LogP contribution in [0.5, 0.6) is 0 Å². The van der Waals surface area contributed by atoms with Crippen molar-refractivity contribution >= 4 is 40.9 Å². The summed E-state index contributed by atoms with van der Waals surface area (Å²) in [7, 11) is 0. The van der Waals surface area contributed by atoms with Crippen LogP contribution in [-0.4, -0.2) is 26.5 Å². The van der Waals surface area contributed by atoms with Crippen molar-refractivity contribution in [1.82, 2.24) is 20.2 Å². The number of halogens is 2. The molecule has 6 nitrogen and oxygen atoms in total.